The Balaban J connectivity index is 1.61. The third-order valence-corrected chi connectivity index (χ3v) is 9.48. The lowest BCUT2D eigenvalue weighted by Crippen LogP contribution is -2.39. The van der Waals surface area contributed by atoms with Crippen LogP contribution in [0.5, 0.6) is 0 Å². The summed E-state index contributed by atoms with van der Waals surface area (Å²) in [5, 5.41) is 12.0. The molecule has 0 bridgehead atoms. The number of carbonyl (C=O) groups is 2. The first-order valence-corrected chi connectivity index (χ1v) is 15.4. The fraction of sp³-hybridized carbons (Fsp3) is 0.0714. The summed E-state index contributed by atoms with van der Waals surface area (Å²) < 4.78 is 56.9. The minimum Gasteiger partial charge on any atom is -0.478 e. The van der Waals surface area contributed by atoms with Crippen LogP contribution in [0.2, 0.25) is 5.02 Å². The van der Waals surface area contributed by atoms with Crippen molar-refractivity contribution in [3.8, 4) is 0 Å². The zero-order valence-corrected chi connectivity index (χ0v) is 23.7. The largest absolute Gasteiger partial charge is 0.478 e. The standard InChI is InChI=1S/C28H24ClN3O7S2/c29-21-12-16-24(17-13-21)40(36,37)30-18-19-32(23-6-2-1-3-7-23)41(38,39)26-9-5-4-8-25(26)27(33)31-22-14-10-20(11-15-22)28(34)35/h1-17,30H,18-19H2,(H,31,33)(H,34,35). The summed E-state index contributed by atoms with van der Waals surface area (Å²) in [5.41, 5.74) is 0.398. The van der Waals surface area contributed by atoms with Crippen molar-refractivity contribution < 1.29 is 31.5 Å². The smallest absolute Gasteiger partial charge is 0.335 e. The van der Waals surface area contributed by atoms with Gasteiger partial charge in [0.2, 0.25) is 10.0 Å². The minimum atomic E-state index is -4.39. The molecule has 3 N–H and O–H groups in total. The van der Waals surface area contributed by atoms with Crippen molar-refractivity contribution in [3.05, 3.63) is 119 Å². The lowest BCUT2D eigenvalue weighted by Gasteiger charge is -2.25. The Morgan fingerprint density at radius 2 is 1.39 bits per heavy atom. The number of hydrogen-bond donors (Lipinski definition) is 3. The Morgan fingerprint density at radius 1 is 0.780 bits per heavy atom. The molecule has 212 valence electrons. The van der Waals surface area contributed by atoms with Gasteiger partial charge in [0.1, 0.15) is 4.90 Å². The molecule has 0 aliphatic heterocycles. The Kier molecular flexibility index (Phi) is 9.08. The summed E-state index contributed by atoms with van der Waals surface area (Å²) in [5.74, 6) is -1.86. The van der Waals surface area contributed by atoms with E-state index in [1.807, 2.05) is 0 Å². The van der Waals surface area contributed by atoms with Crippen LogP contribution in [0, 0.1) is 0 Å². The van der Waals surface area contributed by atoms with Crippen LogP contribution in [-0.4, -0.2) is 46.9 Å². The van der Waals surface area contributed by atoms with Crippen LogP contribution in [-0.2, 0) is 20.0 Å². The van der Waals surface area contributed by atoms with Crippen LogP contribution in [0.3, 0.4) is 0 Å². The number of anilines is 2. The van der Waals surface area contributed by atoms with Crippen molar-refractivity contribution in [2.75, 3.05) is 22.7 Å². The predicted molar refractivity (Wildman–Crippen MR) is 155 cm³/mol. The highest BCUT2D eigenvalue weighted by Crippen LogP contribution is 2.26. The normalized spacial score (nSPS) is 11.5. The molecule has 0 spiro atoms. The van der Waals surface area contributed by atoms with E-state index in [-0.39, 0.29) is 45.4 Å². The van der Waals surface area contributed by atoms with E-state index in [1.165, 1.54) is 72.8 Å². The van der Waals surface area contributed by atoms with E-state index in [4.69, 9.17) is 16.7 Å². The molecule has 0 saturated carbocycles. The highest BCUT2D eigenvalue weighted by molar-refractivity contribution is 7.93. The average Bonchev–Trinajstić information content (AvgIpc) is 2.96. The number of benzene rings is 4. The van der Waals surface area contributed by atoms with E-state index >= 15 is 0 Å². The molecule has 4 aromatic rings. The Morgan fingerprint density at radius 3 is 2.02 bits per heavy atom. The molecule has 0 radical (unpaired) electrons. The SMILES string of the molecule is O=C(O)c1ccc(NC(=O)c2ccccc2S(=O)(=O)N(CCNS(=O)(=O)c2ccc(Cl)cc2)c2ccccc2)cc1. The summed E-state index contributed by atoms with van der Waals surface area (Å²) in [7, 11) is -8.35. The quantitative estimate of drug-likeness (QED) is 0.226. The van der Waals surface area contributed by atoms with Gasteiger partial charge in [-0.25, -0.2) is 26.4 Å². The van der Waals surface area contributed by atoms with Crippen molar-refractivity contribution in [3.63, 3.8) is 0 Å². The molecule has 4 rings (SSSR count). The van der Waals surface area contributed by atoms with Crippen LogP contribution in [0.25, 0.3) is 0 Å². The van der Waals surface area contributed by atoms with Crippen LogP contribution < -0.4 is 14.3 Å². The number of carboxylic acid groups (broad SMARTS) is 1. The number of amides is 1. The number of hydrogen-bond acceptors (Lipinski definition) is 6. The van der Waals surface area contributed by atoms with Gasteiger partial charge in [-0.1, -0.05) is 41.9 Å². The second-order valence-electron chi connectivity index (χ2n) is 8.60. The molecular weight excluding hydrogens is 590 g/mol. The Labute approximate surface area is 242 Å². The monoisotopic (exact) mass is 613 g/mol. The summed E-state index contributed by atoms with van der Waals surface area (Å²) in [6.07, 6.45) is 0. The number of carbonyl (C=O) groups excluding carboxylic acids is 1. The van der Waals surface area contributed by atoms with Gasteiger partial charge in [0, 0.05) is 23.8 Å². The number of aromatic carboxylic acids is 1. The van der Waals surface area contributed by atoms with Gasteiger partial charge >= 0.3 is 5.97 Å². The molecule has 13 heteroatoms. The lowest BCUT2D eigenvalue weighted by molar-refractivity contribution is 0.0696. The minimum absolute atomic E-state index is 0.0242. The number of nitrogens with one attached hydrogen (secondary N) is 2. The van der Waals surface area contributed by atoms with Crippen molar-refractivity contribution in [1.82, 2.24) is 4.72 Å². The molecule has 10 nitrogen and oxygen atoms in total. The van der Waals surface area contributed by atoms with Crippen LogP contribution in [0.1, 0.15) is 20.7 Å². The van der Waals surface area contributed by atoms with Gasteiger partial charge in [-0.05, 0) is 72.8 Å². The molecule has 0 aliphatic carbocycles. The molecule has 0 fully saturated rings. The van der Waals surface area contributed by atoms with E-state index < -0.39 is 31.9 Å². The molecule has 0 unspecified atom stereocenters. The van der Waals surface area contributed by atoms with Crippen LogP contribution in [0.4, 0.5) is 11.4 Å². The van der Waals surface area contributed by atoms with Crippen LogP contribution in [0.15, 0.2) is 113 Å². The molecule has 0 atom stereocenters. The van der Waals surface area contributed by atoms with Gasteiger partial charge in [0.25, 0.3) is 15.9 Å². The number of sulfonamides is 2. The number of halogens is 1. The van der Waals surface area contributed by atoms with E-state index in [0.717, 1.165) is 4.31 Å². The van der Waals surface area contributed by atoms with Crippen molar-refractivity contribution in [1.29, 1.82) is 0 Å². The molecule has 0 aliphatic rings. The van der Waals surface area contributed by atoms with Gasteiger partial charge in [-0.2, -0.15) is 0 Å². The summed E-state index contributed by atoms with van der Waals surface area (Å²) in [6.45, 7) is -0.560. The molecule has 41 heavy (non-hydrogen) atoms. The predicted octanol–water partition coefficient (Wildman–Crippen LogP) is 4.46. The Hall–Kier alpha value is -4.23. The lowest BCUT2D eigenvalue weighted by atomic mass is 10.2. The maximum atomic E-state index is 14.0. The van der Waals surface area contributed by atoms with E-state index in [9.17, 15) is 26.4 Å². The molecule has 4 aromatic carbocycles. The van der Waals surface area contributed by atoms with Crippen molar-refractivity contribution in [2.24, 2.45) is 0 Å². The molecule has 0 aromatic heterocycles. The Bertz CT molecular complexity index is 1760. The van der Waals surface area contributed by atoms with Crippen molar-refractivity contribution >= 4 is 54.9 Å². The maximum Gasteiger partial charge on any atom is 0.335 e. The molecule has 1 amide bonds. The molecule has 0 saturated heterocycles. The van der Waals surface area contributed by atoms with Gasteiger partial charge < -0.3 is 10.4 Å². The number of rotatable bonds is 11. The van der Waals surface area contributed by atoms with E-state index in [0.29, 0.717) is 5.02 Å². The number of carboxylic acids is 1. The second kappa shape index (κ2) is 12.5. The van der Waals surface area contributed by atoms with Gasteiger partial charge in [-0.3, -0.25) is 9.10 Å². The average molecular weight is 614 g/mol. The summed E-state index contributed by atoms with van der Waals surface area (Å²) in [4.78, 5) is 23.9. The summed E-state index contributed by atoms with van der Waals surface area (Å²) in [6, 6.07) is 24.6. The second-order valence-corrected chi connectivity index (χ2v) is 12.6. The number of para-hydroxylation sites is 1. The number of nitrogens with zero attached hydrogens (tertiary/aromatic N) is 1. The third kappa shape index (κ3) is 7.11. The maximum absolute atomic E-state index is 14.0. The first-order valence-electron chi connectivity index (χ1n) is 12.1. The fourth-order valence-electron chi connectivity index (χ4n) is 3.85. The zero-order valence-electron chi connectivity index (χ0n) is 21.3. The third-order valence-electron chi connectivity index (χ3n) is 5.86. The zero-order chi connectivity index (χ0) is 29.6. The highest BCUT2D eigenvalue weighted by Gasteiger charge is 2.30. The fourth-order valence-corrected chi connectivity index (χ4v) is 6.66. The van der Waals surface area contributed by atoms with Crippen molar-refractivity contribution in [2.45, 2.75) is 9.79 Å². The van der Waals surface area contributed by atoms with Gasteiger partial charge in [0.15, 0.2) is 0 Å². The first kappa shape index (κ1) is 29.7. The summed E-state index contributed by atoms with van der Waals surface area (Å²) >= 11 is 5.84. The van der Waals surface area contributed by atoms with Gasteiger partial charge in [-0.15, -0.1) is 0 Å². The topological polar surface area (TPSA) is 150 Å². The van der Waals surface area contributed by atoms with Gasteiger partial charge in [0.05, 0.1) is 21.7 Å². The highest BCUT2D eigenvalue weighted by atomic mass is 35.5. The molecular formula is C28H24ClN3O7S2. The van der Waals surface area contributed by atoms with E-state index in [1.54, 1.807) is 30.3 Å². The van der Waals surface area contributed by atoms with Crippen LogP contribution >= 0.6 is 11.6 Å². The molecule has 0 heterocycles. The van der Waals surface area contributed by atoms with E-state index in [2.05, 4.69) is 10.0 Å². The first-order chi connectivity index (χ1) is 19.5.